The monoisotopic (exact) mass is 482 g/mol. The van der Waals surface area contributed by atoms with E-state index < -0.39 is 17.6 Å². The molecule has 1 aliphatic heterocycles. The van der Waals surface area contributed by atoms with Gasteiger partial charge in [-0.05, 0) is 36.4 Å². The number of hydrogen-bond acceptors (Lipinski definition) is 5. The standard InChI is InChI=1S/C25H24ClFN4O3/c26-20-5-3-6-21(14-20)29-24(32)17-31(16-19-4-1-2-7-22(19)27)25(33)18-8-9-23(28-15-18)30-10-12-34-13-11-30/h1-9,14-15H,10-13,16-17H2,(H,29,32). The first-order valence-electron chi connectivity index (χ1n) is 10.9. The zero-order chi connectivity index (χ0) is 23.9. The molecule has 176 valence electrons. The summed E-state index contributed by atoms with van der Waals surface area (Å²) in [7, 11) is 0. The predicted molar refractivity (Wildman–Crippen MR) is 128 cm³/mol. The van der Waals surface area contributed by atoms with Crippen LogP contribution < -0.4 is 10.2 Å². The van der Waals surface area contributed by atoms with Gasteiger partial charge in [-0.15, -0.1) is 0 Å². The van der Waals surface area contributed by atoms with Crippen molar-refractivity contribution in [3.05, 3.63) is 88.8 Å². The average Bonchev–Trinajstić information content (AvgIpc) is 2.85. The fourth-order valence-electron chi connectivity index (χ4n) is 3.65. The van der Waals surface area contributed by atoms with Crippen molar-refractivity contribution in [2.24, 2.45) is 0 Å². The number of morpholine rings is 1. The molecule has 1 fully saturated rings. The second kappa shape index (κ2) is 11.1. The van der Waals surface area contributed by atoms with Crippen LogP contribution in [0.2, 0.25) is 5.02 Å². The molecule has 0 saturated carbocycles. The lowest BCUT2D eigenvalue weighted by molar-refractivity contribution is -0.117. The molecule has 1 saturated heterocycles. The molecule has 0 unspecified atom stereocenters. The number of hydrogen-bond donors (Lipinski definition) is 1. The summed E-state index contributed by atoms with van der Waals surface area (Å²) in [5.41, 5.74) is 1.13. The van der Waals surface area contributed by atoms with Crippen molar-refractivity contribution in [1.29, 1.82) is 0 Å². The number of benzene rings is 2. The van der Waals surface area contributed by atoms with Crippen LogP contribution in [0.3, 0.4) is 0 Å². The van der Waals surface area contributed by atoms with Crippen LogP contribution in [0.25, 0.3) is 0 Å². The number of rotatable bonds is 7. The number of amides is 2. The normalized spacial score (nSPS) is 13.4. The molecule has 7 nitrogen and oxygen atoms in total. The first kappa shape index (κ1) is 23.7. The maximum atomic E-state index is 14.3. The number of carbonyl (C=O) groups is 2. The molecule has 9 heteroatoms. The molecular weight excluding hydrogens is 459 g/mol. The largest absolute Gasteiger partial charge is 0.378 e. The maximum absolute atomic E-state index is 14.3. The molecule has 0 radical (unpaired) electrons. The lowest BCUT2D eigenvalue weighted by Gasteiger charge is -2.28. The van der Waals surface area contributed by atoms with Crippen molar-refractivity contribution in [2.45, 2.75) is 6.54 Å². The number of pyridine rings is 1. The van der Waals surface area contributed by atoms with E-state index in [9.17, 15) is 14.0 Å². The van der Waals surface area contributed by atoms with Crippen LogP contribution in [0.4, 0.5) is 15.9 Å². The van der Waals surface area contributed by atoms with Crippen molar-refractivity contribution < 1.29 is 18.7 Å². The van der Waals surface area contributed by atoms with E-state index in [-0.39, 0.29) is 13.1 Å². The molecule has 0 aliphatic carbocycles. The lowest BCUT2D eigenvalue weighted by Crippen LogP contribution is -2.38. The van der Waals surface area contributed by atoms with Crippen LogP contribution in [-0.2, 0) is 16.1 Å². The number of aromatic nitrogens is 1. The van der Waals surface area contributed by atoms with Crippen molar-refractivity contribution in [3.63, 3.8) is 0 Å². The molecule has 2 heterocycles. The Morgan fingerprint density at radius 3 is 2.59 bits per heavy atom. The van der Waals surface area contributed by atoms with E-state index in [4.69, 9.17) is 16.3 Å². The molecule has 0 spiro atoms. The first-order valence-corrected chi connectivity index (χ1v) is 11.2. The third-order valence-electron chi connectivity index (χ3n) is 5.38. The Morgan fingerprint density at radius 1 is 1.09 bits per heavy atom. The van der Waals surface area contributed by atoms with Gasteiger partial charge in [-0.3, -0.25) is 9.59 Å². The number of ether oxygens (including phenoxy) is 1. The van der Waals surface area contributed by atoms with E-state index in [0.29, 0.717) is 35.1 Å². The molecular formula is C25H24ClFN4O3. The van der Waals surface area contributed by atoms with E-state index in [1.54, 1.807) is 54.6 Å². The van der Waals surface area contributed by atoms with Gasteiger partial charge in [0.2, 0.25) is 5.91 Å². The summed E-state index contributed by atoms with van der Waals surface area (Å²) in [6.45, 7) is 2.36. The highest BCUT2D eigenvalue weighted by Crippen LogP contribution is 2.18. The average molecular weight is 483 g/mol. The predicted octanol–water partition coefficient (Wildman–Crippen LogP) is 3.99. The molecule has 2 amide bonds. The van der Waals surface area contributed by atoms with E-state index in [1.165, 1.54) is 17.2 Å². The van der Waals surface area contributed by atoms with Gasteiger partial charge >= 0.3 is 0 Å². The van der Waals surface area contributed by atoms with Gasteiger partial charge in [0.05, 0.1) is 18.8 Å². The van der Waals surface area contributed by atoms with Gasteiger partial charge in [0.15, 0.2) is 0 Å². The molecule has 3 aromatic rings. The third kappa shape index (κ3) is 6.09. The fraction of sp³-hybridized carbons (Fsp3) is 0.240. The number of halogens is 2. The van der Waals surface area contributed by atoms with E-state index in [0.717, 1.165) is 18.9 Å². The Labute approximate surface area is 202 Å². The van der Waals surface area contributed by atoms with Gasteiger partial charge in [0.25, 0.3) is 5.91 Å². The second-order valence-corrected chi connectivity index (χ2v) is 8.25. The number of nitrogens with zero attached hydrogens (tertiary/aromatic N) is 3. The second-order valence-electron chi connectivity index (χ2n) is 7.82. The molecule has 1 N–H and O–H groups in total. The SMILES string of the molecule is O=C(CN(Cc1ccccc1F)C(=O)c1ccc(N2CCOCC2)nc1)Nc1cccc(Cl)c1. The molecule has 2 aromatic carbocycles. The van der Waals surface area contributed by atoms with Gasteiger partial charge in [-0.2, -0.15) is 0 Å². The highest BCUT2D eigenvalue weighted by molar-refractivity contribution is 6.30. The third-order valence-corrected chi connectivity index (χ3v) is 5.61. The van der Waals surface area contributed by atoms with Gasteiger partial charge in [-0.25, -0.2) is 9.37 Å². The smallest absolute Gasteiger partial charge is 0.256 e. The molecule has 0 atom stereocenters. The summed E-state index contributed by atoms with van der Waals surface area (Å²) in [5.74, 6) is -0.550. The van der Waals surface area contributed by atoms with Crippen LogP contribution in [0.5, 0.6) is 0 Å². The molecule has 1 aromatic heterocycles. The summed E-state index contributed by atoms with van der Waals surface area (Å²) >= 11 is 5.98. The molecule has 4 rings (SSSR count). The van der Waals surface area contributed by atoms with Crippen molar-refractivity contribution >= 4 is 34.9 Å². The summed E-state index contributed by atoms with van der Waals surface area (Å²) in [4.78, 5) is 33.8. The van der Waals surface area contributed by atoms with Crippen LogP contribution in [0.1, 0.15) is 15.9 Å². The Kier molecular flexibility index (Phi) is 7.72. The van der Waals surface area contributed by atoms with Gasteiger partial charge in [-0.1, -0.05) is 35.9 Å². The fourth-order valence-corrected chi connectivity index (χ4v) is 3.84. The van der Waals surface area contributed by atoms with Gasteiger partial charge in [0, 0.05) is 42.1 Å². The number of nitrogens with one attached hydrogen (secondary N) is 1. The summed E-state index contributed by atoms with van der Waals surface area (Å²) < 4.78 is 19.7. The zero-order valence-corrected chi connectivity index (χ0v) is 19.2. The first-order chi connectivity index (χ1) is 16.5. The highest BCUT2D eigenvalue weighted by Gasteiger charge is 2.22. The number of anilines is 2. The van der Waals surface area contributed by atoms with Crippen molar-refractivity contribution in [2.75, 3.05) is 43.1 Å². The van der Waals surface area contributed by atoms with Crippen molar-refractivity contribution in [3.8, 4) is 0 Å². The Hall–Kier alpha value is -3.49. The number of carbonyl (C=O) groups excluding carboxylic acids is 2. The Morgan fingerprint density at radius 2 is 1.88 bits per heavy atom. The minimum atomic E-state index is -0.448. The van der Waals surface area contributed by atoms with E-state index in [1.807, 2.05) is 0 Å². The van der Waals surface area contributed by atoms with Gasteiger partial charge in [0.1, 0.15) is 18.2 Å². The van der Waals surface area contributed by atoms with E-state index >= 15 is 0 Å². The lowest BCUT2D eigenvalue weighted by atomic mass is 10.1. The van der Waals surface area contributed by atoms with Gasteiger partial charge < -0.3 is 19.9 Å². The Balaban J connectivity index is 1.52. The zero-order valence-electron chi connectivity index (χ0n) is 18.4. The molecule has 34 heavy (non-hydrogen) atoms. The van der Waals surface area contributed by atoms with E-state index in [2.05, 4.69) is 15.2 Å². The Bertz CT molecular complexity index is 1150. The highest BCUT2D eigenvalue weighted by atomic mass is 35.5. The minimum Gasteiger partial charge on any atom is -0.378 e. The van der Waals surface area contributed by atoms with Crippen LogP contribution in [0.15, 0.2) is 66.9 Å². The summed E-state index contributed by atoms with van der Waals surface area (Å²) in [5, 5.41) is 3.20. The quantitative estimate of drug-likeness (QED) is 0.551. The molecule has 1 aliphatic rings. The minimum absolute atomic E-state index is 0.0698. The summed E-state index contributed by atoms with van der Waals surface area (Å²) in [6, 6.07) is 16.3. The maximum Gasteiger partial charge on any atom is 0.256 e. The topological polar surface area (TPSA) is 74.8 Å². The van der Waals surface area contributed by atoms with Crippen LogP contribution in [0, 0.1) is 5.82 Å². The molecule has 0 bridgehead atoms. The van der Waals surface area contributed by atoms with Crippen molar-refractivity contribution in [1.82, 2.24) is 9.88 Å². The van der Waals surface area contributed by atoms with Crippen LogP contribution >= 0.6 is 11.6 Å². The summed E-state index contributed by atoms with van der Waals surface area (Å²) in [6.07, 6.45) is 1.48. The van der Waals surface area contributed by atoms with Crippen LogP contribution in [-0.4, -0.2) is 54.5 Å².